The fourth-order valence-corrected chi connectivity index (χ4v) is 6.07. The lowest BCUT2D eigenvalue weighted by atomic mass is 10.0. The van der Waals surface area contributed by atoms with Crippen LogP contribution < -0.4 is 11.1 Å². The number of thioether (sulfide) groups is 2. The number of nitrogens with one attached hydrogen (secondary N) is 1. The number of rotatable bonds is 8. The van der Waals surface area contributed by atoms with Crippen molar-refractivity contribution >= 4 is 63.5 Å². The topological polar surface area (TPSA) is 191 Å². The summed E-state index contributed by atoms with van der Waals surface area (Å²) in [5.41, 5.74) is 6.17. The van der Waals surface area contributed by atoms with E-state index in [1.807, 2.05) is 0 Å². The number of aryl methyl sites for hydroxylation is 1. The number of aliphatic carboxylic acids is 1. The Labute approximate surface area is 198 Å². The highest BCUT2D eigenvalue weighted by atomic mass is 32.2. The number of thiazole rings is 1. The van der Waals surface area contributed by atoms with Crippen molar-refractivity contribution in [3.8, 4) is 0 Å². The van der Waals surface area contributed by atoms with E-state index in [9.17, 15) is 19.5 Å². The number of hydrogen-bond acceptors (Lipinski definition) is 13. The molecule has 0 radical (unpaired) electrons. The summed E-state index contributed by atoms with van der Waals surface area (Å²) in [7, 11) is 2.95. The Hall–Kier alpha value is -3.18. The molecule has 2 aliphatic heterocycles. The van der Waals surface area contributed by atoms with Crippen molar-refractivity contribution in [2.75, 3.05) is 24.3 Å². The number of nitrogens with zero attached hydrogens (tertiary/aromatic N) is 7. The van der Waals surface area contributed by atoms with Crippen LogP contribution in [0.4, 0.5) is 5.13 Å². The van der Waals surface area contributed by atoms with Crippen molar-refractivity contribution in [3.05, 3.63) is 22.3 Å². The Morgan fingerprint density at radius 3 is 2.88 bits per heavy atom. The van der Waals surface area contributed by atoms with Gasteiger partial charge in [0, 0.05) is 23.9 Å². The summed E-state index contributed by atoms with van der Waals surface area (Å²) in [5.74, 6) is -1.77. The van der Waals surface area contributed by atoms with E-state index in [0.717, 1.165) is 11.3 Å². The van der Waals surface area contributed by atoms with Gasteiger partial charge in [0.2, 0.25) is 5.16 Å². The van der Waals surface area contributed by atoms with Crippen LogP contribution in [0, 0.1) is 0 Å². The molecule has 2 atom stereocenters. The lowest BCUT2D eigenvalue weighted by Crippen LogP contribution is -2.71. The first kappa shape index (κ1) is 23.0. The minimum Gasteiger partial charge on any atom is -0.477 e. The normalized spacial score (nSPS) is 20.4. The van der Waals surface area contributed by atoms with Crippen LogP contribution in [0.5, 0.6) is 0 Å². The molecule has 4 N–H and O–H groups in total. The average Bonchev–Trinajstić information content (AvgIpc) is 3.40. The third-order valence-corrected chi connectivity index (χ3v) is 7.77. The summed E-state index contributed by atoms with van der Waals surface area (Å²) < 4.78 is 1.47. The summed E-state index contributed by atoms with van der Waals surface area (Å²) in [4.78, 5) is 47.6. The number of carboxylic acid groups (broad SMARTS) is 1. The molecule has 2 aliphatic rings. The molecule has 2 aromatic heterocycles. The zero-order chi connectivity index (χ0) is 23.7. The molecule has 0 bridgehead atoms. The summed E-state index contributed by atoms with van der Waals surface area (Å²) in [6, 6.07) is -0.924. The van der Waals surface area contributed by atoms with Crippen LogP contribution in [0.1, 0.15) is 5.69 Å². The molecule has 1 fully saturated rings. The zero-order valence-corrected chi connectivity index (χ0v) is 19.6. The largest absolute Gasteiger partial charge is 0.477 e. The molecule has 2 aromatic rings. The van der Waals surface area contributed by atoms with Crippen LogP contribution in [0.2, 0.25) is 0 Å². The van der Waals surface area contributed by atoms with Gasteiger partial charge < -0.3 is 21.0 Å². The monoisotopic (exact) mass is 511 g/mol. The van der Waals surface area contributed by atoms with E-state index in [2.05, 4.69) is 31.0 Å². The van der Waals surface area contributed by atoms with E-state index in [1.54, 1.807) is 12.4 Å². The molecule has 0 aliphatic carbocycles. The molecule has 0 spiro atoms. The number of amides is 2. The van der Waals surface area contributed by atoms with Crippen molar-refractivity contribution in [3.63, 3.8) is 0 Å². The number of carboxylic acids is 1. The smallest absolute Gasteiger partial charge is 0.352 e. The van der Waals surface area contributed by atoms with Gasteiger partial charge in [-0.3, -0.25) is 14.5 Å². The fourth-order valence-electron chi connectivity index (χ4n) is 3.19. The highest BCUT2D eigenvalue weighted by Crippen LogP contribution is 2.41. The van der Waals surface area contributed by atoms with Gasteiger partial charge >= 0.3 is 5.97 Å². The van der Waals surface area contributed by atoms with Gasteiger partial charge in [-0.15, -0.1) is 28.2 Å². The quantitative estimate of drug-likeness (QED) is 0.172. The van der Waals surface area contributed by atoms with Gasteiger partial charge in [0.05, 0.1) is 0 Å². The Morgan fingerprint density at radius 2 is 2.27 bits per heavy atom. The van der Waals surface area contributed by atoms with Crippen molar-refractivity contribution < 1.29 is 24.3 Å². The predicted octanol–water partition coefficient (Wildman–Crippen LogP) is -0.870. The van der Waals surface area contributed by atoms with E-state index >= 15 is 0 Å². The van der Waals surface area contributed by atoms with Crippen LogP contribution in [0.25, 0.3) is 0 Å². The maximum absolute atomic E-state index is 12.9. The fraction of sp³-hybridized carbons (Fsp3) is 0.375. The Bertz CT molecular complexity index is 1180. The van der Waals surface area contributed by atoms with Crippen LogP contribution in [-0.2, 0) is 26.3 Å². The number of oxime groups is 1. The minimum atomic E-state index is -1.22. The highest BCUT2D eigenvalue weighted by Gasteiger charge is 2.54. The molecule has 1 saturated heterocycles. The molecule has 14 nitrogen and oxygen atoms in total. The number of fused-ring (bicyclic) bond motifs is 1. The number of β-lactam (4-membered cyclic amide) rings is 1. The number of carbonyl (C=O) groups excluding carboxylic acids is 2. The number of nitrogen functional groups attached to an aromatic ring is 1. The van der Waals surface area contributed by atoms with E-state index in [4.69, 9.17) is 10.6 Å². The van der Waals surface area contributed by atoms with Gasteiger partial charge in [-0.25, -0.2) is 14.5 Å². The van der Waals surface area contributed by atoms with E-state index in [0.29, 0.717) is 22.2 Å². The second-order valence-electron chi connectivity index (χ2n) is 6.69. The molecule has 33 heavy (non-hydrogen) atoms. The number of aromatic nitrogens is 5. The van der Waals surface area contributed by atoms with Gasteiger partial charge in [0.25, 0.3) is 11.8 Å². The lowest BCUT2D eigenvalue weighted by Gasteiger charge is -2.49. The molecule has 0 unspecified atom stereocenters. The first-order chi connectivity index (χ1) is 15.8. The zero-order valence-electron chi connectivity index (χ0n) is 17.2. The summed E-state index contributed by atoms with van der Waals surface area (Å²) in [6.07, 6.45) is 0. The standard InChI is InChI=1S/C16H17N9O5S3/c1-24-16(20-22-23-24)33-4-6-3-31-13-9(12(27)25(13)10(6)14(28)29)19-11(26)8(21-30-2)7-5-32-15(17)18-7/h5,9,13H,3-4H2,1-2H3,(H2,17,18)(H,19,26)(H,28,29)/b21-8-/t9-,13-/m0/s1. The molecule has 0 saturated carbocycles. The molecule has 4 heterocycles. The number of tetrazole rings is 1. The molecular weight excluding hydrogens is 494 g/mol. The van der Waals surface area contributed by atoms with Crippen LogP contribution in [-0.4, -0.2) is 88.7 Å². The summed E-state index contributed by atoms with van der Waals surface area (Å²) >= 11 is 3.75. The van der Waals surface area contributed by atoms with Crippen molar-refractivity contribution in [1.82, 2.24) is 35.4 Å². The van der Waals surface area contributed by atoms with Gasteiger partial charge in [-0.1, -0.05) is 16.9 Å². The second kappa shape index (κ2) is 9.36. The predicted molar refractivity (Wildman–Crippen MR) is 119 cm³/mol. The van der Waals surface area contributed by atoms with Crippen LogP contribution in [0.3, 0.4) is 0 Å². The average molecular weight is 512 g/mol. The van der Waals surface area contributed by atoms with Gasteiger partial charge in [-0.05, 0) is 16.0 Å². The maximum Gasteiger partial charge on any atom is 0.352 e. The Morgan fingerprint density at radius 1 is 1.48 bits per heavy atom. The first-order valence-corrected chi connectivity index (χ1v) is 12.1. The number of nitrogens with two attached hydrogens (primary N) is 1. The first-order valence-electron chi connectivity index (χ1n) is 9.20. The number of anilines is 1. The number of hydrogen-bond donors (Lipinski definition) is 3. The molecule has 174 valence electrons. The molecule has 0 aromatic carbocycles. The SMILES string of the molecule is CO/N=C(\C(=O)N[C@H]1C(=O)N2C(C(=O)O)=C(CSc3nnnn3C)CS[C@@H]12)c1csc(N)n1. The Kier molecular flexibility index (Phi) is 6.52. The highest BCUT2D eigenvalue weighted by molar-refractivity contribution is 8.01. The van der Waals surface area contributed by atoms with E-state index < -0.39 is 29.2 Å². The van der Waals surface area contributed by atoms with Gasteiger partial charge in [-0.2, -0.15) is 0 Å². The molecule has 17 heteroatoms. The minimum absolute atomic E-state index is 0.0880. The summed E-state index contributed by atoms with van der Waals surface area (Å²) in [5, 5.41) is 29.0. The lowest BCUT2D eigenvalue weighted by molar-refractivity contribution is -0.150. The van der Waals surface area contributed by atoms with Crippen molar-refractivity contribution in [2.24, 2.45) is 12.2 Å². The Balaban J connectivity index is 1.49. The maximum atomic E-state index is 12.9. The molecule has 4 rings (SSSR count). The summed E-state index contributed by atoms with van der Waals surface area (Å²) in [6.45, 7) is 0. The van der Waals surface area contributed by atoms with E-state index in [-0.39, 0.29) is 22.2 Å². The van der Waals surface area contributed by atoms with Gasteiger partial charge in [0.1, 0.15) is 29.9 Å². The van der Waals surface area contributed by atoms with Crippen LogP contribution >= 0.6 is 34.9 Å². The van der Waals surface area contributed by atoms with Crippen molar-refractivity contribution in [2.45, 2.75) is 16.6 Å². The number of carbonyl (C=O) groups is 3. The molecule has 2 amide bonds. The van der Waals surface area contributed by atoms with Crippen LogP contribution in [0.15, 0.2) is 27.0 Å². The third kappa shape index (κ3) is 4.38. The second-order valence-corrected chi connectivity index (χ2v) is 9.62. The van der Waals surface area contributed by atoms with Crippen molar-refractivity contribution in [1.29, 1.82) is 0 Å². The van der Waals surface area contributed by atoms with E-state index in [1.165, 1.54) is 40.2 Å². The van der Waals surface area contributed by atoms with Gasteiger partial charge in [0.15, 0.2) is 10.8 Å². The molecular formula is C16H17N9O5S3. The third-order valence-electron chi connectivity index (χ3n) is 4.66.